The zero-order chi connectivity index (χ0) is 17.8. The standard InChI is InChI=1S/C18H16ClNO5/c1-23-14-7-6-12(19)8-11(14)10-24-17(21)9-16-18(22)20-13-4-2-3-5-15(13)25-16/h2-8,16H,9-10H2,1H3,(H,20,22)/t16-/m1/s1. The van der Waals surface area contributed by atoms with E-state index in [0.29, 0.717) is 27.8 Å². The fourth-order valence-electron chi connectivity index (χ4n) is 2.46. The van der Waals surface area contributed by atoms with Gasteiger partial charge in [-0.2, -0.15) is 0 Å². The molecule has 3 rings (SSSR count). The van der Waals surface area contributed by atoms with Crippen molar-refractivity contribution in [3.63, 3.8) is 0 Å². The number of hydrogen-bond donors (Lipinski definition) is 1. The molecule has 0 radical (unpaired) electrons. The van der Waals surface area contributed by atoms with Crippen LogP contribution in [0.1, 0.15) is 12.0 Å². The Morgan fingerprint density at radius 1 is 1.28 bits per heavy atom. The summed E-state index contributed by atoms with van der Waals surface area (Å²) in [6.45, 7) is -0.00646. The number of carbonyl (C=O) groups is 2. The summed E-state index contributed by atoms with van der Waals surface area (Å²) < 4.78 is 16.0. The van der Waals surface area contributed by atoms with E-state index in [9.17, 15) is 9.59 Å². The second-order valence-electron chi connectivity index (χ2n) is 5.41. The Hall–Kier alpha value is -2.73. The second kappa shape index (κ2) is 7.44. The molecule has 130 valence electrons. The van der Waals surface area contributed by atoms with Crippen LogP contribution in [0.15, 0.2) is 42.5 Å². The Morgan fingerprint density at radius 3 is 2.88 bits per heavy atom. The maximum atomic E-state index is 12.1. The van der Waals surface area contributed by atoms with Gasteiger partial charge in [-0.05, 0) is 30.3 Å². The highest BCUT2D eigenvalue weighted by molar-refractivity contribution is 6.30. The van der Waals surface area contributed by atoms with Crippen molar-refractivity contribution in [1.29, 1.82) is 0 Å². The van der Waals surface area contributed by atoms with Gasteiger partial charge in [0.05, 0.1) is 19.2 Å². The number of carbonyl (C=O) groups excluding carboxylic acids is 2. The van der Waals surface area contributed by atoms with Crippen molar-refractivity contribution >= 4 is 29.2 Å². The molecule has 0 fully saturated rings. The second-order valence-corrected chi connectivity index (χ2v) is 5.85. The van der Waals surface area contributed by atoms with Crippen LogP contribution in [0.2, 0.25) is 5.02 Å². The lowest BCUT2D eigenvalue weighted by Gasteiger charge is -2.25. The molecule has 1 amide bonds. The third-order valence-corrected chi connectivity index (χ3v) is 3.92. The topological polar surface area (TPSA) is 73.9 Å². The van der Waals surface area contributed by atoms with Crippen LogP contribution < -0.4 is 14.8 Å². The molecule has 0 saturated heterocycles. The number of methoxy groups -OCH3 is 1. The normalized spacial score (nSPS) is 15.6. The minimum Gasteiger partial charge on any atom is -0.496 e. The first-order valence-corrected chi connectivity index (χ1v) is 7.99. The summed E-state index contributed by atoms with van der Waals surface area (Å²) in [5, 5.41) is 3.22. The molecule has 7 heteroatoms. The molecule has 1 heterocycles. The molecule has 0 saturated carbocycles. The van der Waals surface area contributed by atoms with Crippen LogP contribution in [0, 0.1) is 0 Å². The quantitative estimate of drug-likeness (QED) is 0.828. The van der Waals surface area contributed by atoms with Crippen molar-refractivity contribution < 1.29 is 23.8 Å². The van der Waals surface area contributed by atoms with Gasteiger partial charge in [-0.25, -0.2) is 0 Å². The number of fused-ring (bicyclic) bond motifs is 1. The largest absolute Gasteiger partial charge is 0.496 e. The summed E-state index contributed by atoms with van der Waals surface area (Å²) in [4.78, 5) is 24.1. The molecular weight excluding hydrogens is 346 g/mol. The van der Waals surface area contributed by atoms with E-state index in [0.717, 1.165) is 0 Å². The van der Waals surface area contributed by atoms with E-state index in [1.165, 1.54) is 7.11 Å². The zero-order valence-electron chi connectivity index (χ0n) is 13.5. The lowest BCUT2D eigenvalue weighted by Crippen LogP contribution is -2.38. The number of hydrogen-bond acceptors (Lipinski definition) is 5. The molecule has 1 N–H and O–H groups in total. The van der Waals surface area contributed by atoms with Crippen molar-refractivity contribution in [3.05, 3.63) is 53.1 Å². The van der Waals surface area contributed by atoms with E-state index in [1.807, 2.05) is 0 Å². The fourth-order valence-corrected chi connectivity index (χ4v) is 2.65. The molecule has 0 unspecified atom stereocenters. The van der Waals surface area contributed by atoms with Gasteiger partial charge in [-0.3, -0.25) is 9.59 Å². The van der Waals surface area contributed by atoms with E-state index in [1.54, 1.807) is 42.5 Å². The third kappa shape index (κ3) is 4.03. The van der Waals surface area contributed by atoms with Gasteiger partial charge in [-0.1, -0.05) is 23.7 Å². The molecule has 25 heavy (non-hydrogen) atoms. The highest BCUT2D eigenvalue weighted by atomic mass is 35.5. The Morgan fingerprint density at radius 2 is 2.08 bits per heavy atom. The number of para-hydroxylation sites is 2. The predicted molar refractivity (Wildman–Crippen MR) is 91.9 cm³/mol. The monoisotopic (exact) mass is 361 g/mol. The van der Waals surface area contributed by atoms with Crippen molar-refractivity contribution in [2.24, 2.45) is 0 Å². The maximum absolute atomic E-state index is 12.1. The van der Waals surface area contributed by atoms with E-state index >= 15 is 0 Å². The van der Waals surface area contributed by atoms with Gasteiger partial charge in [0.25, 0.3) is 5.91 Å². The number of esters is 1. The fraction of sp³-hybridized carbons (Fsp3) is 0.222. The number of halogens is 1. The van der Waals surface area contributed by atoms with Crippen molar-refractivity contribution in [3.8, 4) is 11.5 Å². The average molecular weight is 362 g/mol. The predicted octanol–water partition coefficient (Wildman–Crippen LogP) is 3.18. The maximum Gasteiger partial charge on any atom is 0.310 e. The molecule has 2 aromatic rings. The SMILES string of the molecule is COc1ccc(Cl)cc1COC(=O)C[C@H]1Oc2ccccc2NC1=O. The molecule has 1 aliphatic heterocycles. The van der Waals surface area contributed by atoms with Crippen LogP contribution in [-0.4, -0.2) is 25.1 Å². The lowest BCUT2D eigenvalue weighted by atomic mass is 10.1. The molecule has 0 spiro atoms. The molecule has 6 nitrogen and oxygen atoms in total. The summed E-state index contributed by atoms with van der Waals surface area (Å²) >= 11 is 5.94. The minimum atomic E-state index is -0.927. The van der Waals surface area contributed by atoms with Crippen LogP contribution in [0.5, 0.6) is 11.5 Å². The number of nitrogens with one attached hydrogen (secondary N) is 1. The summed E-state index contributed by atoms with van der Waals surface area (Å²) in [6, 6.07) is 12.1. The number of anilines is 1. The first-order chi connectivity index (χ1) is 12.1. The van der Waals surface area contributed by atoms with Gasteiger partial charge in [-0.15, -0.1) is 0 Å². The van der Waals surface area contributed by atoms with Crippen LogP contribution in [0.4, 0.5) is 5.69 Å². The van der Waals surface area contributed by atoms with Crippen molar-refractivity contribution in [2.45, 2.75) is 19.1 Å². The van der Waals surface area contributed by atoms with Gasteiger partial charge < -0.3 is 19.5 Å². The summed E-state index contributed by atoms with van der Waals surface area (Å²) in [5.74, 6) is 0.159. The zero-order valence-corrected chi connectivity index (χ0v) is 14.2. The van der Waals surface area contributed by atoms with E-state index < -0.39 is 12.1 Å². The van der Waals surface area contributed by atoms with Crippen LogP contribution in [-0.2, 0) is 20.9 Å². The lowest BCUT2D eigenvalue weighted by molar-refractivity contribution is -0.149. The first kappa shape index (κ1) is 17.1. The first-order valence-electron chi connectivity index (χ1n) is 7.61. The summed E-state index contributed by atoms with van der Waals surface area (Å²) in [7, 11) is 1.52. The van der Waals surface area contributed by atoms with Gasteiger partial charge in [0.1, 0.15) is 18.1 Å². The van der Waals surface area contributed by atoms with Crippen LogP contribution >= 0.6 is 11.6 Å². The molecule has 0 aliphatic carbocycles. The average Bonchev–Trinajstić information content (AvgIpc) is 2.60. The Labute approximate surface area is 149 Å². The summed E-state index contributed by atoms with van der Waals surface area (Å²) in [5.41, 5.74) is 1.23. The number of ether oxygens (including phenoxy) is 3. The molecule has 2 aromatic carbocycles. The highest BCUT2D eigenvalue weighted by Gasteiger charge is 2.30. The van der Waals surface area contributed by atoms with Gasteiger partial charge >= 0.3 is 5.97 Å². The van der Waals surface area contributed by atoms with Gasteiger partial charge in [0, 0.05) is 10.6 Å². The van der Waals surface area contributed by atoms with Gasteiger partial charge in [0.2, 0.25) is 0 Å². The highest BCUT2D eigenvalue weighted by Crippen LogP contribution is 2.30. The Bertz CT molecular complexity index is 808. The summed E-state index contributed by atoms with van der Waals surface area (Å²) in [6.07, 6.45) is -1.12. The molecule has 0 aromatic heterocycles. The smallest absolute Gasteiger partial charge is 0.310 e. The Balaban J connectivity index is 1.60. The number of rotatable bonds is 5. The number of amides is 1. The van der Waals surface area contributed by atoms with E-state index in [2.05, 4.69) is 5.32 Å². The van der Waals surface area contributed by atoms with Crippen LogP contribution in [0.25, 0.3) is 0 Å². The van der Waals surface area contributed by atoms with E-state index in [4.69, 9.17) is 25.8 Å². The van der Waals surface area contributed by atoms with Crippen LogP contribution in [0.3, 0.4) is 0 Å². The minimum absolute atomic E-state index is 0.00646. The molecule has 1 atom stereocenters. The van der Waals surface area contributed by atoms with Crippen molar-refractivity contribution in [1.82, 2.24) is 0 Å². The molecular formula is C18H16ClNO5. The van der Waals surface area contributed by atoms with E-state index in [-0.39, 0.29) is 18.9 Å². The third-order valence-electron chi connectivity index (χ3n) is 3.69. The number of benzene rings is 2. The molecule has 0 bridgehead atoms. The molecule has 1 aliphatic rings. The Kier molecular flexibility index (Phi) is 5.09. The van der Waals surface area contributed by atoms with Gasteiger partial charge in [0.15, 0.2) is 6.10 Å². The van der Waals surface area contributed by atoms with Crippen molar-refractivity contribution in [2.75, 3.05) is 12.4 Å².